The van der Waals surface area contributed by atoms with Crippen LogP contribution in [0, 0.1) is 0 Å². The first-order chi connectivity index (χ1) is 9.21. The number of benzene rings is 1. The maximum atomic E-state index is 11.1. The summed E-state index contributed by atoms with van der Waals surface area (Å²) in [5.41, 5.74) is 1.11. The molecule has 0 unspecified atom stereocenters. The largest absolute Gasteiger partial charge is 0.490 e. The minimum atomic E-state index is -0.00373. The summed E-state index contributed by atoms with van der Waals surface area (Å²) in [7, 11) is 0. The van der Waals surface area contributed by atoms with Gasteiger partial charge in [0, 0.05) is 6.54 Å². The van der Waals surface area contributed by atoms with E-state index in [2.05, 4.69) is 21.2 Å². The molecule has 0 aromatic heterocycles. The van der Waals surface area contributed by atoms with Gasteiger partial charge in [-0.15, -0.1) is 0 Å². The number of carbonyl (C=O) groups is 1. The Morgan fingerprint density at radius 2 is 1.89 bits per heavy atom. The molecule has 0 aliphatic heterocycles. The quantitative estimate of drug-likeness (QED) is 0.745. The number of rotatable bonds is 8. The molecule has 0 spiro atoms. The highest BCUT2D eigenvalue weighted by Gasteiger charge is 2.06. The van der Waals surface area contributed by atoms with Crippen molar-refractivity contribution in [3.63, 3.8) is 0 Å². The maximum Gasteiger partial charge on any atom is 0.230 e. The van der Waals surface area contributed by atoms with Crippen molar-refractivity contribution < 1.29 is 14.3 Å². The van der Waals surface area contributed by atoms with E-state index >= 15 is 0 Å². The molecular weight excluding hydrogens is 310 g/mol. The van der Waals surface area contributed by atoms with Crippen molar-refractivity contribution in [2.24, 2.45) is 0 Å². The zero-order valence-corrected chi connectivity index (χ0v) is 13.0. The molecule has 0 aliphatic carbocycles. The fourth-order valence-corrected chi connectivity index (χ4v) is 1.84. The highest BCUT2D eigenvalue weighted by Crippen LogP contribution is 2.28. The second-order valence-corrected chi connectivity index (χ2v) is 4.44. The fraction of sp³-hybridized carbons (Fsp3) is 0.500. The van der Waals surface area contributed by atoms with Gasteiger partial charge in [-0.3, -0.25) is 4.79 Å². The molecular formula is C14H20BrNO3. The maximum absolute atomic E-state index is 11.1. The van der Waals surface area contributed by atoms with E-state index < -0.39 is 0 Å². The van der Waals surface area contributed by atoms with Gasteiger partial charge in [-0.1, -0.05) is 22.0 Å². The van der Waals surface area contributed by atoms with Crippen LogP contribution in [0.25, 0.3) is 0 Å². The van der Waals surface area contributed by atoms with Crippen molar-refractivity contribution in [3.8, 4) is 11.5 Å². The Kier molecular flexibility index (Phi) is 7.33. The van der Waals surface area contributed by atoms with Crippen LogP contribution >= 0.6 is 15.9 Å². The summed E-state index contributed by atoms with van der Waals surface area (Å²) in [5.74, 6) is 1.52. The Morgan fingerprint density at radius 3 is 2.53 bits per heavy atom. The minimum absolute atomic E-state index is 0.00373. The number of hydrogen-bond donors (Lipinski definition) is 1. The van der Waals surface area contributed by atoms with Gasteiger partial charge >= 0.3 is 0 Å². The Labute approximate surface area is 122 Å². The van der Waals surface area contributed by atoms with Gasteiger partial charge in [-0.2, -0.15) is 0 Å². The second-order valence-electron chi connectivity index (χ2n) is 3.88. The van der Waals surface area contributed by atoms with Crippen molar-refractivity contribution in [1.29, 1.82) is 0 Å². The SMILES string of the molecule is CCOc1ccc(CCNC(=O)CBr)cc1OCC. The highest BCUT2D eigenvalue weighted by atomic mass is 79.9. The molecule has 0 saturated carbocycles. The summed E-state index contributed by atoms with van der Waals surface area (Å²) in [4.78, 5) is 11.1. The lowest BCUT2D eigenvalue weighted by Gasteiger charge is -2.12. The predicted molar refractivity (Wildman–Crippen MR) is 79.3 cm³/mol. The third-order valence-electron chi connectivity index (χ3n) is 2.47. The van der Waals surface area contributed by atoms with Crippen molar-refractivity contribution in [3.05, 3.63) is 23.8 Å². The number of nitrogens with one attached hydrogen (secondary N) is 1. The average Bonchev–Trinajstić information content (AvgIpc) is 2.42. The molecule has 5 heteroatoms. The van der Waals surface area contributed by atoms with E-state index in [1.165, 1.54) is 0 Å². The Morgan fingerprint density at radius 1 is 1.21 bits per heavy atom. The Hall–Kier alpha value is -1.23. The smallest absolute Gasteiger partial charge is 0.230 e. The lowest BCUT2D eigenvalue weighted by Crippen LogP contribution is -2.26. The number of amides is 1. The van der Waals surface area contributed by atoms with Gasteiger partial charge in [0.15, 0.2) is 11.5 Å². The summed E-state index contributed by atoms with van der Waals surface area (Å²) in [6, 6.07) is 5.87. The van der Waals surface area contributed by atoms with Gasteiger partial charge in [0.05, 0.1) is 18.5 Å². The zero-order chi connectivity index (χ0) is 14.1. The van der Waals surface area contributed by atoms with Crippen LogP contribution in [0.3, 0.4) is 0 Å². The first-order valence-corrected chi connectivity index (χ1v) is 7.54. The van der Waals surface area contributed by atoms with E-state index in [-0.39, 0.29) is 5.91 Å². The summed E-state index contributed by atoms with van der Waals surface area (Å²) < 4.78 is 11.1. The molecule has 1 amide bonds. The van der Waals surface area contributed by atoms with Crippen molar-refractivity contribution in [1.82, 2.24) is 5.32 Å². The van der Waals surface area contributed by atoms with E-state index in [1.807, 2.05) is 32.0 Å². The number of alkyl halides is 1. The molecule has 0 saturated heterocycles. The second kappa shape index (κ2) is 8.80. The molecule has 0 atom stereocenters. The number of ether oxygens (including phenoxy) is 2. The normalized spacial score (nSPS) is 10.1. The van der Waals surface area contributed by atoms with Gasteiger partial charge in [0.2, 0.25) is 5.91 Å². The first kappa shape index (κ1) is 15.8. The summed E-state index contributed by atoms with van der Waals surface area (Å²) in [6.07, 6.45) is 0.769. The molecule has 106 valence electrons. The lowest BCUT2D eigenvalue weighted by atomic mass is 10.1. The molecule has 1 N–H and O–H groups in total. The van der Waals surface area contributed by atoms with Crippen molar-refractivity contribution in [2.75, 3.05) is 25.1 Å². The van der Waals surface area contributed by atoms with E-state index in [1.54, 1.807) is 0 Å². The molecule has 0 radical (unpaired) electrons. The molecule has 0 fully saturated rings. The molecule has 1 aromatic carbocycles. The van der Waals surface area contributed by atoms with E-state index in [9.17, 15) is 4.79 Å². The average molecular weight is 330 g/mol. The summed E-state index contributed by atoms with van der Waals surface area (Å²) in [6.45, 7) is 5.71. The Balaban J connectivity index is 2.63. The van der Waals surface area contributed by atoms with Gasteiger partial charge in [-0.05, 0) is 38.0 Å². The van der Waals surface area contributed by atoms with Crippen LogP contribution in [0.1, 0.15) is 19.4 Å². The molecule has 19 heavy (non-hydrogen) atoms. The van der Waals surface area contributed by atoms with Crippen LogP contribution < -0.4 is 14.8 Å². The fourth-order valence-electron chi connectivity index (χ4n) is 1.64. The third-order valence-corrected chi connectivity index (χ3v) is 2.97. The summed E-state index contributed by atoms with van der Waals surface area (Å²) >= 11 is 3.11. The van der Waals surface area contributed by atoms with E-state index in [0.717, 1.165) is 23.5 Å². The molecule has 0 bridgehead atoms. The van der Waals surface area contributed by atoms with Crippen LogP contribution in [-0.2, 0) is 11.2 Å². The van der Waals surface area contributed by atoms with Gasteiger partial charge < -0.3 is 14.8 Å². The molecule has 4 nitrogen and oxygen atoms in total. The van der Waals surface area contributed by atoms with Crippen molar-refractivity contribution >= 4 is 21.8 Å². The number of carbonyl (C=O) groups excluding carboxylic acids is 1. The summed E-state index contributed by atoms with van der Waals surface area (Å²) in [5, 5.41) is 3.15. The van der Waals surface area contributed by atoms with E-state index in [0.29, 0.717) is 25.1 Å². The third kappa shape index (κ3) is 5.51. The standard InChI is InChI=1S/C14H20BrNO3/c1-3-18-12-6-5-11(9-13(12)19-4-2)7-8-16-14(17)10-15/h5-6,9H,3-4,7-8,10H2,1-2H3,(H,16,17). The monoisotopic (exact) mass is 329 g/mol. The highest BCUT2D eigenvalue weighted by molar-refractivity contribution is 9.09. The number of hydrogen-bond acceptors (Lipinski definition) is 3. The number of halogens is 1. The van der Waals surface area contributed by atoms with E-state index in [4.69, 9.17) is 9.47 Å². The molecule has 1 aromatic rings. The predicted octanol–water partition coefficient (Wildman–Crippen LogP) is 2.54. The van der Waals surface area contributed by atoms with Crippen LogP contribution in [0.5, 0.6) is 11.5 Å². The molecule has 0 heterocycles. The lowest BCUT2D eigenvalue weighted by molar-refractivity contribution is -0.118. The van der Waals surface area contributed by atoms with Crippen LogP contribution in [0.2, 0.25) is 0 Å². The Bertz CT molecular complexity index is 410. The van der Waals surface area contributed by atoms with Gasteiger partial charge in [0.25, 0.3) is 0 Å². The van der Waals surface area contributed by atoms with Crippen LogP contribution in [-0.4, -0.2) is 31.0 Å². The minimum Gasteiger partial charge on any atom is -0.490 e. The zero-order valence-electron chi connectivity index (χ0n) is 11.4. The van der Waals surface area contributed by atoms with Crippen LogP contribution in [0.4, 0.5) is 0 Å². The topological polar surface area (TPSA) is 47.6 Å². The van der Waals surface area contributed by atoms with Gasteiger partial charge in [-0.25, -0.2) is 0 Å². The van der Waals surface area contributed by atoms with Gasteiger partial charge in [0.1, 0.15) is 0 Å². The molecule has 0 aliphatic rings. The molecule has 1 rings (SSSR count). The van der Waals surface area contributed by atoms with Crippen LogP contribution in [0.15, 0.2) is 18.2 Å². The first-order valence-electron chi connectivity index (χ1n) is 6.42. The van der Waals surface area contributed by atoms with Crippen molar-refractivity contribution in [2.45, 2.75) is 20.3 Å².